The van der Waals surface area contributed by atoms with Crippen molar-refractivity contribution < 1.29 is 9.90 Å². The first-order valence-corrected chi connectivity index (χ1v) is 6.83. The lowest BCUT2D eigenvalue weighted by Crippen LogP contribution is -2.14. The summed E-state index contributed by atoms with van der Waals surface area (Å²) in [5, 5.41) is 9.40. The smallest absolute Gasteiger partial charge is 0.159 e. The molecule has 0 aromatic heterocycles. The number of benzene rings is 1. The number of carbonyl (C=O) groups is 1. The summed E-state index contributed by atoms with van der Waals surface area (Å²) in [5.41, 5.74) is 0. The van der Waals surface area contributed by atoms with Crippen LogP contribution in [0.3, 0.4) is 0 Å². The van der Waals surface area contributed by atoms with Gasteiger partial charge >= 0.3 is 0 Å². The van der Waals surface area contributed by atoms with Crippen LogP contribution in [0.15, 0.2) is 47.1 Å². The van der Waals surface area contributed by atoms with E-state index in [9.17, 15) is 9.90 Å². The number of allylic oxidation sites excluding steroid dienone is 2. The zero-order valence-electron chi connectivity index (χ0n) is 9.63. The van der Waals surface area contributed by atoms with Gasteiger partial charge in [0, 0.05) is 23.8 Å². The van der Waals surface area contributed by atoms with E-state index in [0.29, 0.717) is 18.8 Å². The molecule has 1 aromatic rings. The van der Waals surface area contributed by atoms with Crippen LogP contribution in [0.1, 0.15) is 19.3 Å². The Morgan fingerprint density at radius 1 is 1.24 bits per heavy atom. The van der Waals surface area contributed by atoms with Gasteiger partial charge in [0.05, 0.1) is 5.76 Å². The molecule has 0 fully saturated rings. The van der Waals surface area contributed by atoms with Gasteiger partial charge in [-0.1, -0.05) is 18.2 Å². The molecule has 2 nitrogen and oxygen atoms in total. The van der Waals surface area contributed by atoms with E-state index >= 15 is 0 Å². The number of carbonyl (C=O) groups excluding carboxylic acids is 1. The second-order valence-corrected chi connectivity index (χ2v) is 5.49. The molecular formula is C14H16O2S. The van der Waals surface area contributed by atoms with Gasteiger partial charge in [-0.2, -0.15) is 0 Å². The third kappa shape index (κ3) is 3.93. The molecule has 0 aliphatic heterocycles. The molecule has 1 unspecified atom stereocenters. The first-order chi connectivity index (χ1) is 8.24. The summed E-state index contributed by atoms with van der Waals surface area (Å²) in [6.45, 7) is 0. The summed E-state index contributed by atoms with van der Waals surface area (Å²) >= 11 is 1.80. The molecule has 1 aliphatic rings. The fourth-order valence-electron chi connectivity index (χ4n) is 2.02. The number of ketones is 1. The lowest BCUT2D eigenvalue weighted by Gasteiger charge is -2.18. The minimum atomic E-state index is 0.0588. The van der Waals surface area contributed by atoms with Gasteiger partial charge in [-0.25, -0.2) is 0 Å². The predicted octanol–water partition coefficient (Wildman–Crippen LogP) is 3.59. The molecule has 1 aliphatic carbocycles. The van der Waals surface area contributed by atoms with E-state index in [1.54, 1.807) is 11.8 Å². The van der Waals surface area contributed by atoms with E-state index in [-0.39, 0.29) is 11.5 Å². The van der Waals surface area contributed by atoms with Crippen LogP contribution in [0.25, 0.3) is 0 Å². The molecule has 0 saturated carbocycles. The Kier molecular flexibility index (Phi) is 4.26. The van der Waals surface area contributed by atoms with Crippen molar-refractivity contribution in [3.63, 3.8) is 0 Å². The van der Waals surface area contributed by atoms with Gasteiger partial charge in [0.1, 0.15) is 0 Å². The van der Waals surface area contributed by atoms with Gasteiger partial charge in [-0.3, -0.25) is 4.79 Å². The Hall–Kier alpha value is -1.22. The molecule has 0 radical (unpaired) electrons. The summed E-state index contributed by atoms with van der Waals surface area (Å²) in [7, 11) is 0. The van der Waals surface area contributed by atoms with Gasteiger partial charge in [0.25, 0.3) is 0 Å². The summed E-state index contributed by atoms with van der Waals surface area (Å²) in [6.07, 6.45) is 3.57. The van der Waals surface area contributed by atoms with Gasteiger partial charge in [0.2, 0.25) is 0 Å². The second-order valence-electron chi connectivity index (χ2n) is 4.33. The molecule has 1 N–H and O–H groups in total. The van der Waals surface area contributed by atoms with Gasteiger partial charge in [-0.15, -0.1) is 11.8 Å². The van der Waals surface area contributed by atoms with Crippen LogP contribution in [0, 0.1) is 5.92 Å². The number of hydrogen-bond acceptors (Lipinski definition) is 3. The standard InChI is InChI=1S/C14H16O2S/c15-12-8-11(9-13(16)10-12)6-7-17-14-4-2-1-3-5-14/h1-5,10-11,15H,6-9H2. The quantitative estimate of drug-likeness (QED) is 0.827. The fourth-order valence-corrected chi connectivity index (χ4v) is 3.06. The van der Waals surface area contributed by atoms with Crippen LogP contribution in [0.5, 0.6) is 0 Å². The van der Waals surface area contributed by atoms with Crippen molar-refractivity contribution in [2.45, 2.75) is 24.2 Å². The summed E-state index contributed by atoms with van der Waals surface area (Å²) in [4.78, 5) is 12.5. The van der Waals surface area contributed by atoms with Gasteiger partial charge in [0.15, 0.2) is 5.78 Å². The van der Waals surface area contributed by atoms with Crippen LogP contribution < -0.4 is 0 Å². The van der Waals surface area contributed by atoms with Crippen molar-refractivity contribution in [3.8, 4) is 0 Å². The molecule has 2 rings (SSSR count). The number of hydrogen-bond donors (Lipinski definition) is 1. The predicted molar refractivity (Wildman–Crippen MR) is 70.2 cm³/mol. The van der Waals surface area contributed by atoms with Crippen LogP contribution in [0.2, 0.25) is 0 Å². The van der Waals surface area contributed by atoms with E-state index in [4.69, 9.17) is 0 Å². The maximum Gasteiger partial charge on any atom is 0.159 e. The highest BCUT2D eigenvalue weighted by Crippen LogP contribution is 2.27. The van der Waals surface area contributed by atoms with E-state index < -0.39 is 0 Å². The average Bonchev–Trinajstić information content (AvgIpc) is 2.29. The fraction of sp³-hybridized carbons (Fsp3) is 0.357. The minimum Gasteiger partial charge on any atom is -0.512 e. The molecule has 1 aromatic carbocycles. The molecule has 17 heavy (non-hydrogen) atoms. The Morgan fingerprint density at radius 2 is 2.00 bits per heavy atom. The lowest BCUT2D eigenvalue weighted by atomic mass is 9.90. The third-order valence-electron chi connectivity index (χ3n) is 2.85. The van der Waals surface area contributed by atoms with Crippen LogP contribution in [-0.4, -0.2) is 16.6 Å². The first kappa shape index (κ1) is 12.2. The van der Waals surface area contributed by atoms with E-state index in [1.165, 1.54) is 11.0 Å². The van der Waals surface area contributed by atoms with Crippen molar-refractivity contribution in [2.24, 2.45) is 5.92 Å². The van der Waals surface area contributed by atoms with Crippen molar-refractivity contribution in [1.82, 2.24) is 0 Å². The van der Waals surface area contributed by atoms with Crippen molar-refractivity contribution >= 4 is 17.5 Å². The zero-order valence-corrected chi connectivity index (χ0v) is 10.5. The van der Waals surface area contributed by atoms with Crippen LogP contribution in [0.4, 0.5) is 0 Å². The molecule has 0 amide bonds. The highest BCUT2D eigenvalue weighted by Gasteiger charge is 2.19. The first-order valence-electron chi connectivity index (χ1n) is 5.84. The van der Waals surface area contributed by atoms with Gasteiger partial charge in [-0.05, 0) is 30.2 Å². The zero-order chi connectivity index (χ0) is 12.1. The Labute approximate surface area is 106 Å². The van der Waals surface area contributed by atoms with E-state index in [2.05, 4.69) is 12.1 Å². The van der Waals surface area contributed by atoms with Crippen LogP contribution >= 0.6 is 11.8 Å². The molecule has 0 bridgehead atoms. The third-order valence-corrected chi connectivity index (χ3v) is 3.90. The highest BCUT2D eigenvalue weighted by molar-refractivity contribution is 7.99. The number of thioether (sulfide) groups is 1. The summed E-state index contributed by atoms with van der Waals surface area (Å²) in [5.74, 6) is 1.61. The normalized spacial score (nSPS) is 20.1. The Morgan fingerprint density at radius 3 is 2.71 bits per heavy atom. The maximum absolute atomic E-state index is 11.3. The van der Waals surface area contributed by atoms with Crippen LogP contribution in [-0.2, 0) is 4.79 Å². The van der Waals surface area contributed by atoms with E-state index in [0.717, 1.165) is 12.2 Å². The van der Waals surface area contributed by atoms with Gasteiger partial charge < -0.3 is 5.11 Å². The molecule has 3 heteroatoms. The number of aliphatic hydroxyl groups excluding tert-OH is 1. The molecule has 90 valence electrons. The largest absolute Gasteiger partial charge is 0.512 e. The number of aliphatic hydroxyl groups is 1. The maximum atomic E-state index is 11.3. The SMILES string of the molecule is O=C1C=C(O)CC(CCSc2ccccc2)C1. The molecular weight excluding hydrogens is 232 g/mol. The monoisotopic (exact) mass is 248 g/mol. The summed E-state index contributed by atoms with van der Waals surface area (Å²) in [6, 6.07) is 10.2. The average molecular weight is 248 g/mol. The van der Waals surface area contributed by atoms with Crippen molar-refractivity contribution in [1.29, 1.82) is 0 Å². The molecule has 0 saturated heterocycles. The Balaban J connectivity index is 1.76. The van der Waals surface area contributed by atoms with Crippen molar-refractivity contribution in [3.05, 3.63) is 42.2 Å². The van der Waals surface area contributed by atoms with E-state index in [1.807, 2.05) is 18.2 Å². The minimum absolute atomic E-state index is 0.0588. The molecule has 0 spiro atoms. The van der Waals surface area contributed by atoms with Crippen molar-refractivity contribution in [2.75, 3.05) is 5.75 Å². The second kappa shape index (κ2) is 5.92. The topological polar surface area (TPSA) is 37.3 Å². The molecule has 0 heterocycles. The summed E-state index contributed by atoms with van der Waals surface area (Å²) < 4.78 is 0. The molecule has 1 atom stereocenters. The Bertz CT molecular complexity index is 411. The lowest BCUT2D eigenvalue weighted by molar-refractivity contribution is -0.116. The number of rotatable bonds is 4. The highest BCUT2D eigenvalue weighted by atomic mass is 32.2.